The molecule has 0 aromatic rings. The highest BCUT2D eigenvalue weighted by molar-refractivity contribution is 5.06. The number of unbranched alkanes of at least 4 members (excludes halogenated alkanes) is 10. The zero-order valence-electron chi connectivity index (χ0n) is 19.1. The number of hydrogen-bond donors (Lipinski definition) is 1. The second-order valence-corrected chi connectivity index (χ2v) is 8.34. The topological polar surface area (TPSA) is 35.8 Å². The maximum Gasteiger partial charge on any atom is 0.0621 e. The Kier molecular flexibility index (Phi) is 17.9. The average Bonchev–Trinajstić information content (AvgIpc) is 2.67. The molecule has 0 aliphatic carbocycles. The second kappa shape index (κ2) is 18.9. The highest BCUT2D eigenvalue weighted by atomic mass is 14.9. The molecule has 0 aromatic heterocycles. The van der Waals surface area contributed by atoms with Gasteiger partial charge in [0.25, 0.3) is 0 Å². The first kappa shape index (κ1) is 26.5. The van der Waals surface area contributed by atoms with Crippen molar-refractivity contribution in [2.24, 2.45) is 0 Å². The number of rotatable bonds is 19. The van der Waals surface area contributed by atoms with Gasteiger partial charge < -0.3 is 5.32 Å². The molecule has 0 amide bonds. The SMILES string of the molecule is C=C(CCCCCCC/C(C)=C\CCCCCCCC#N)NC(CC)C(=C)C. The maximum atomic E-state index is 8.51. The predicted molar refractivity (Wildman–Crippen MR) is 125 cm³/mol. The molecule has 0 saturated heterocycles. The molecule has 28 heavy (non-hydrogen) atoms. The van der Waals surface area contributed by atoms with Crippen LogP contribution in [0.4, 0.5) is 0 Å². The average molecular weight is 387 g/mol. The van der Waals surface area contributed by atoms with Crippen molar-refractivity contribution < 1.29 is 0 Å². The number of hydrogen-bond acceptors (Lipinski definition) is 2. The molecular formula is C26H46N2. The Morgan fingerprint density at radius 3 is 2.07 bits per heavy atom. The zero-order chi connectivity index (χ0) is 21.0. The van der Waals surface area contributed by atoms with Crippen LogP contribution in [0.5, 0.6) is 0 Å². The van der Waals surface area contributed by atoms with Crippen LogP contribution in [0, 0.1) is 11.3 Å². The lowest BCUT2D eigenvalue weighted by Crippen LogP contribution is -2.28. The van der Waals surface area contributed by atoms with Gasteiger partial charge in [0.05, 0.1) is 6.07 Å². The molecule has 0 aliphatic rings. The van der Waals surface area contributed by atoms with E-state index in [0.717, 1.165) is 25.7 Å². The summed E-state index contributed by atoms with van der Waals surface area (Å²) in [5.74, 6) is 0. The minimum Gasteiger partial charge on any atom is -0.382 e. The fourth-order valence-electron chi connectivity index (χ4n) is 3.49. The van der Waals surface area contributed by atoms with E-state index >= 15 is 0 Å². The molecule has 160 valence electrons. The van der Waals surface area contributed by atoms with E-state index in [0.29, 0.717) is 6.04 Å². The van der Waals surface area contributed by atoms with E-state index in [-0.39, 0.29) is 0 Å². The molecule has 0 saturated carbocycles. The predicted octanol–water partition coefficient (Wildman–Crippen LogP) is 8.38. The molecule has 0 aromatic carbocycles. The van der Waals surface area contributed by atoms with Gasteiger partial charge in [-0.3, -0.25) is 0 Å². The van der Waals surface area contributed by atoms with Crippen LogP contribution in [0.3, 0.4) is 0 Å². The third kappa shape index (κ3) is 16.7. The van der Waals surface area contributed by atoms with Crippen molar-refractivity contribution in [1.82, 2.24) is 5.32 Å². The van der Waals surface area contributed by atoms with Crippen molar-refractivity contribution in [3.63, 3.8) is 0 Å². The van der Waals surface area contributed by atoms with Gasteiger partial charge in [-0.05, 0) is 65.2 Å². The van der Waals surface area contributed by atoms with Crippen molar-refractivity contribution in [3.8, 4) is 6.07 Å². The van der Waals surface area contributed by atoms with Crippen molar-refractivity contribution in [2.75, 3.05) is 0 Å². The molecule has 0 bridgehead atoms. The van der Waals surface area contributed by atoms with Gasteiger partial charge in [0, 0.05) is 18.2 Å². The van der Waals surface area contributed by atoms with Crippen molar-refractivity contribution in [3.05, 3.63) is 36.1 Å². The van der Waals surface area contributed by atoms with Gasteiger partial charge in [-0.2, -0.15) is 5.26 Å². The van der Waals surface area contributed by atoms with Crippen LogP contribution >= 0.6 is 0 Å². The van der Waals surface area contributed by atoms with Gasteiger partial charge >= 0.3 is 0 Å². The van der Waals surface area contributed by atoms with Crippen LogP contribution < -0.4 is 5.32 Å². The van der Waals surface area contributed by atoms with Crippen LogP contribution in [0.15, 0.2) is 36.1 Å². The summed E-state index contributed by atoms with van der Waals surface area (Å²) in [6.07, 6.45) is 20.5. The summed E-state index contributed by atoms with van der Waals surface area (Å²) in [6.45, 7) is 14.8. The first-order chi connectivity index (χ1) is 13.5. The van der Waals surface area contributed by atoms with Gasteiger partial charge in [0.2, 0.25) is 0 Å². The van der Waals surface area contributed by atoms with Crippen LogP contribution in [-0.4, -0.2) is 6.04 Å². The summed E-state index contributed by atoms with van der Waals surface area (Å²) in [6, 6.07) is 2.60. The molecule has 0 heterocycles. The molecule has 2 nitrogen and oxygen atoms in total. The summed E-state index contributed by atoms with van der Waals surface area (Å²) in [5, 5.41) is 12.0. The minimum absolute atomic E-state index is 0.380. The van der Waals surface area contributed by atoms with E-state index < -0.39 is 0 Å². The van der Waals surface area contributed by atoms with Crippen molar-refractivity contribution >= 4 is 0 Å². The van der Waals surface area contributed by atoms with E-state index in [9.17, 15) is 0 Å². The fourth-order valence-corrected chi connectivity index (χ4v) is 3.49. The first-order valence-electron chi connectivity index (χ1n) is 11.6. The molecule has 1 N–H and O–H groups in total. The van der Waals surface area contributed by atoms with E-state index in [1.165, 1.54) is 81.9 Å². The van der Waals surface area contributed by atoms with E-state index in [1.54, 1.807) is 5.57 Å². The largest absolute Gasteiger partial charge is 0.382 e. The number of nitriles is 1. The lowest BCUT2D eigenvalue weighted by Gasteiger charge is -2.20. The maximum absolute atomic E-state index is 8.51. The molecule has 0 spiro atoms. The molecule has 0 rings (SSSR count). The van der Waals surface area contributed by atoms with Gasteiger partial charge in [-0.25, -0.2) is 0 Å². The Bertz CT molecular complexity index is 481. The quantitative estimate of drug-likeness (QED) is 0.179. The summed E-state index contributed by atoms with van der Waals surface area (Å²) in [4.78, 5) is 0. The normalized spacial score (nSPS) is 12.4. The molecule has 2 heteroatoms. The molecule has 0 radical (unpaired) electrons. The second-order valence-electron chi connectivity index (χ2n) is 8.34. The first-order valence-corrected chi connectivity index (χ1v) is 11.6. The van der Waals surface area contributed by atoms with E-state index in [2.05, 4.69) is 51.4 Å². The van der Waals surface area contributed by atoms with Crippen LogP contribution in [0.2, 0.25) is 0 Å². The van der Waals surface area contributed by atoms with Gasteiger partial charge in [-0.15, -0.1) is 0 Å². The Morgan fingerprint density at radius 1 is 0.893 bits per heavy atom. The number of allylic oxidation sites excluding steroid dienone is 3. The molecule has 1 unspecified atom stereocenters. The Labute approximate surface area is 176 Å². The molecular weight excluding hydrogens is 340 g/mol. The van der Waals surface area contributed by atoms with E-state index in [1.807, 2.05) is 0 Å². The lowest BCUT2D eigenvalue weighted by molar-refractivity contribution is 0.568. The summed E-state index contributed by atoms with van der Waals surface area (Å²) >= 11 is 0. The fraction of sp³-hybridized carbons (Fsp3) is 0.731. The smallest absolute Gasteiger partial charge is 0.0621 e. The van der Waals surface area contributed by atoms with Gasteiger partial charge in [0.15, 0.2) is 0 Å². The van der Waals surface area contributed by atoms with Crippen LogP contribution in [-0.2, 0) is 0 Å². The minimum atomic E-state index is 0.380. The summed E-state index contributed by atoms with van der Waals surface area (Å²) in [5.41, 5.74) is 3.92. The number of nitrogens with one attached hydrogen (secondary N) is 1. The highest BCUT2D eigenvalue weighted by Gasteiger charge is 2.06. The lowest BCUT2D eigenvalue weighted by atomic mass is 10.0. The van der Waals surface area contributed by atoms with Crippen molar-refractivity contribution in [2.45, 2.75) is 123 Å². The van der Waals surface area contributed by atoms with Crippen molar-refractivity contribution in [1.29, 1.82) is 5.26 Å². The Hall–Kier alpha value is -1.49. The van der Waals surface area contributed by atoms with Crippen LogP contribution in [0.25, 0.3) is 0 Å². The zero-order valence-corrected chi connectivity index (χ0v) is 19.1. The third-order valence-corrected chi connectivity index (χ3v) is 5.42. The van der Waals surface area contributed by atoms with E-state index in [4.69, 9.17) is 5.26 Å². The monoisotopic (exact) mass is 386 g/mol. The molecule has 0 fully saturated rings. The summed E-state index contributed by atoms with van der Waals surface area (Å²) in [7, 11) is 0. The molecule has 1 atom stereocenters. The molecule has 0 aliphatic heterocycles. The van der Waals surface area contributed by atoms with Crippen LogP contribution in [0.1, 0.15) is 117 Å². The third-order valence-electron chi connectivity index (χ3n) is 5.42. The van der Waals surface area contributed by atoms with Gasteiger partial charge in [-0.1, -0.05) is 75.8 Å². The van der Waals surface area contributed by atoms with Gasteiger partial charge in [0.1, 0.15) is 0 Å². The Morgan fingerprint density at radius 2 is 1.46 bits per heavy atom. The summed E-state index contributed by atoms with van der Waals surface area (Å²) < 4.78 is 0. The highest BCUT2D eigenvalue weighted by Crippen LogP contribution is 2.15. The number of nitrogens with zero attached hydrogens (tertiary/aromatic N) is 1. The standard InChI is InChI=1S/C26H46N2/c1-6-26(23(2)3)28-25(5)21-17-13-10-12-16-20-24(4)19-15-11-8-7-9-14-18-22-27/h19,26,28H,2,5-18,20-21H2,1,3-4H3/b24-19-. The Balaban J connectivity index is 3.53.